The molecule has 10 rings (SSSR count). The summed E-state index contributed by atoms with van der Waals surface area (Å²) in [7, 11) is 0. The highest BCUT2D eigenvalue weighted by Gasteiger charge is 2.21. The average molecular weight is 618 g/mol. The van der Waals surface area contributed by atoms with E-state index in [1.165, 1.54) is 52.8 Å². The molecule has 0 aliphatic rings. The van der Waals surface area contributed by atoms with E-state index in [1.807, 2.05) is 17.4 Å². The summed E-state index contributed by atoms with van der Waals surface area (Å²) in [4.78, 5) is 2.39. The van der Waals surface area contributed by atoms with Crippen LogP contribution in [0.25, 0.3) is 74.8 Å². The number of furan rings is 1. The van der Waals surface area contributed by atoms with E-state index in [2.05, 4.69) is 163 Å². The number of rotatable bonds is 4. The van der Waals surface area contributed by atoms with E-state index in [0.29, 0.717) is 0 Å². The predicted octanol–water partition coefficient (Wildman–Crippen LogP) is 13.4. The second-order valence-corrected chi connectivity index (χ2v) is 13.2. The van der Waals surface area contributed by atoms with Crippen LogP contribution >= 0.6 is 11.3 Å². The van der Waals surface area contributed by atoms with Gasteiger partial charge < -0.3 is 9.32 Å². The molecule has 0 unspecified atom stereocenters. The van der Waals surface area contributed by atoms with E-state index in [1.54, 1.807) is 0 Å². The lowest BCUT2D eigenvalue weighted by atomic mass is 9.97. The molecule has 2 aromatic heterocycles. The predicted molar refractivity (Wildman–Crippen MR) is 202 cm³/mol. The van der Waals surface area contributed by atoms with Gasteiger partial charge in [0.1, 0.15) is 11.2 Å². The maximum absolute atomic E-state index is 6.53. The molecule has 0 fully saturated rings. The quantitative estimate of drug-likeness (QED) is 0.195. The molecule has 0 spiro atoms. The molecule has 0 amide bonds. The second kappa shape index (κ2) is 10.3. The number of benzene rings is 8. The van der Waals surface area contributed by atoms with Crippen LogP contribution < -0.4 is 4.90 Å². The van der Waals surface area contributed by atoms with Gasteiger partial charge in [-0.25, -0.2) is 0 Å². The highest BCUT2D eigenvalue weighted by Crippen LogP contribution is 2.46. The molecule has 0 atom stereocenters. The van der Waals surface area contributed by atoms with Gasteiger partial charge in [-0.1, -0.05) is 121 Å². The third kappa shape index (κ3) is 4.10. The Kier molecular flexibility index (Phi) is 5.78. The first-order valence-corrected chi connectivity index (χ1v) is 16.7. The molecule has 220 valence electrons. The largest absolute Gasteiger partial charge is 0.456 e. The number of nitrogens with zero attached hydrogens (tertiary/aromatic N) is 1. The van der Waals surface area contributed by atoms with Crippen molar-refractivity contribution in [2.45, 2.75) is 0 Å². The molecule has 3 heteroatoms. The molecular weight excluding hydrogens is 591 g/mol. The minimum absolute atomic E-state index is 0.889. The lowest BCUT2D eigenvalue weighted by Gasteiger charge is -2.27. The minimum Gasteiger partial charge on any atom is -0.456 e. The standard InChI is InChI=1S/C44H27NOS/c1-2-12-32-28(10-1)11-9-17-33(32)29-20-22-30(23-21-29)45(31-24-25-36-35-14-6-8-19-42(35)47-43(36)26-31)39-27-41-44(37-15-4-3-13-34(37)39)38-16-5-7-18-40(38)46-41/h1-27H. The number of para-hydroxylation sites is 1. The van der Waals surface area contributed by atoms with Gasteiger partial charge in [0.2, 0.25) is 0 Å². The summed E-state index contributed by atoms with van der Waals surface area (Å²) in [5.41, 5.74) is 7.52. The smallest absolute Gasteiger partial charge is 0.138 e. The zero-order valence-corrected chi connectivity index (χ0v) is 26.2. The number of hydrogen-bond acceptors (Lipinski definition) is 3. The van der Waals surface area contributed by atoms with Gasteiger partial charge in [-0.05, 0) is 63.7 Å². The Morgan fingerprint density at radius 2 is 1.09 bits per heavy atom. The Hall–Kier alpha value is -5.90. The summed E-state index contributed by atoms with van der Waals surface area (Å²) in [6.45, 7) is 0. The molecule has 0 N–H and O–H groups in total. The Balaban J connectivity index is 1.22. The Bertz CT molecular complexity index is 2800. The SMILES string of the molecule is c1ccc2c(-c3ccc(N(c4ccc5c(c4)sc4ccccc45)c4cc5oc6ccccc6c5c5ccccc45)cc3)cccc2c1. The van der Waals surface area contributed by atoms with E-state index in [-0.39, 0.29) is 0 Å². The van der Waals surface area contributed by atoms with Gasteiger partial charge in [0.25, 0.3) is 0 Å². The summed E-state index contributed by atoms with van der Waals surface area (Å²) in [6, 6.07) is 59.0. The van der Waals surface area contributed by atoms with Crippen LogP contribution in [0.4, 0.5) is 17.1 Å². The molecule has 0 saturated carbocycles. The van der Waals surface area contributed by atoms with Gasteiger partial charge in [0.05, 0.1) is 5.69 Å². The van der Waals surface area contributed by atoms with Gasteiger partial charge >= 0.3 is 0 Å². The fourth-order valence-corrected chi connectivity index (χ4v) is 8.44. The minimum atomic E-state index is 0.889. The van der Waals surface area contributed by atoms with Crippen molar-refractivity contribution >= 4 is 92.1 Å². The van der Waals surface area contributed by atoms with Gasteiger partial charge in [-0.15, -0.1) is 11.3 Å². The van der Waals surface area contributed by atoms with Gasteiger partial charge in [-0.2, -0.15) is 0 Å². The van der Waals surface area contributed by atoms with Crippen LogP contribution in [-0.4, -0.2) is 0 Å². The second-order valence-electron chi connectivity index (χ2n) is 12.1. The fraction of sp³-hybridized carbons (Fsp3) is 0. The molecule has 0 saturated heterocycles. The van der Waals surface area contributed by atoms with E-state index in [9.17, 15) is 0 Å². The van der Waals surface area contributed by atoms with E-state index < -0.39 is 0 Å². The van der Waals surface area contributed by atoms with Gasteiger partial charge in [0.15, 0.2) is 0 Å². The van der Waals surface area contributed by atoms with Crippen LogP contribution in [-0.2, 0) is 0 Å². The number of fused-ring (bicyclic) bond motifs is 9. The highest BCUT2D eigenvalue weighted by molar-refractivity contribution is 7.25. The molecule has 0 aliphatic heterocycles. The van der Waals surface area contributed by atoms with Crippen molar-refractivity contribution in [2.75, 3.05) is 4.90 Å². The van der Waals surface area contributed by atoms with Crippen molar-refractivity contribution in [3.63, 3.8) is 0 Å². The van der Waals surface area contributed by atoms with Crippen LogP contribution in [0, 0.1) is 0 Å². The summed E-state index contributed by atoms with van der Waals surface area (Å²) in [6.07, 6.45) is 0. The molecule has 2 heterocycles. The lowest BCUT2D eigenvalue weighted by Crippen LogP contribution is -2.10. The molecule has 10 aromatic rings. The first-order chi connectivity index (χ1) is 23.3. The first-order valence-electron chi connectivity index (χ1n) is 15.9. The zero-order chi connectivity index (χ0) is 30.9. The Morgan fingerprint density at radius 3 is 1.96 bits per heavy atom. The Labute approximate surface area is 275 Å². The molecule has 0 radical (unpaired) electrons. The van der Waals surface area contributed by atoms with Crippen molar-refractivity contribution in [3.05, 3.63) is 164 Å². The third-order valence-electron chi connectivity index (χ3n) is 9.45. The molecular formula is C44H27NOS. The fourth-order valence-electron chi connectivity index (χ4n) is 7.30. The van der Waals surface area contributed by atoms with Crippen molar-refractivity contribution in [3.8, 4) is 11.1 Å². The number of anilines is 3. The van der Waals surface area contributed by atoms with Crippen molar-refractivity contribution in [1.29, 1.82) is 0 Å². The van der Waals surface area contributed by atoms with Crippen LogP contribution in [0.1, 0.15) is 0 Å². The maximum atomic E-state index is 6.53. The summed E-state index contributed by atoms with van der Waals surface area (Å²) >= 11 is 1.85. The van der Waals surface area contributed by atoms with Crippen LogP contribution in [0.15, 0.2) is 168 Å². The third-order valence-corrected chi connectivity index (χ3v) is 10.6. The van der Waals surface area contributed by atoms with Crippen LogP contribution in [0.2, 0.25) is 0 Å². The van der Waals surface area contributed by atoms with Gasteiger partial charge in [0, 0.05) is 53.8 Å². The van der Waals surface area contributed by atoms with E-state index >= 15 is 0 Å². The molecule has 2 nitrogen and oxygen atoms in total. The highest BCUT2D eigenvalue weighted by atomic mass is 32.1. The number of hydrogen-bond donors (Lipinski definition) is 0. The average Bonchev–Trinajstić information content (AvgIpc) is 3.70. The first kappa shape index (κ1) is 26.3. The molecule has 47 heavy (non-hydrogen) atoms. The normalized spacial score (nSPS) is 11.8. The molecule has 0 aliphatic carbocycles. The maximum Gasteiger partial charge on any atom is 0.138 e. The molecule has 8 aromatic carbocycles. The lowest BCUT2D eigenvalue weighted by molar-refractivity contribution is 0.669. The summed E-state index contributed by atoms with van der Waals surface area (Å²) < 4.78 is 9.11. The zero-order valence-electron chi connectivity index (χ0n) is 25.4. The monoisotopic (exact) mass is 617 g/mol. The van der Waals surface area contributed by atoms with E-state index in [0.717, 1.165) is 39.0 Å². The van der Waals surface area contributed by atoms with Crippen molar-refractivity contribution in [2.24, 2.45) is 0 Å². The summed E-state index contributed by atoms with van der Waals surface area (Å²) in [5, 5.41) is 9.77. The van der Waals surface area contributed by atoms with Crippen molar-refractivity contribution < 1.29 is 4.42 Å². The molecule has 0 bridgehead atoms. The van der Waals surface area contributed by atoms with Gasteiger partial charge in [-0.3, -0.25) is 0 Å². The number of thiophene rings is 1. The summed E-state index contributed by atoms with van der Waals surface area (Å²) in [5.74, 6) is 0. The Morgan fingerprint density at radius 1 is 0.426 bits per heavy atom. The van der Waals surface area contributed by atoms with Crippen LogP contribution in [0.3, 0.4) is 0 Å². The van der Waals surface area contributed by atoms with Crippen LogP contribution in [0.5, 0.6) is 0 Å². The topological polar surface area (TPSA) is 16.4 Å². The van der Waals surface area contributed by atoms with Crippen molar-refractivity contribution in [1.82, 2.24) is 0 Å². The van der Waals surface area contributed by atoms with E-state index in [4.69, 9.17) is 4.42 Å².